The fourth-order valence-electron chi connectivity index (χ4n) is 6.29. The molecule has 2 heterocycles. The fourth-order valence-corrected chi connectivity index (χ4v) is 6.29. The van der Waals surface area contributed by atoms with E-state index in [1.54, 1.807) is 43.0 Å². The second-order valence-electron chi connectivity index (χ2n) is 15.1. The van der Waals surface area contributed by atoms with Gasteiger partial charge in [0.2, 0.25) is 17.7 Å². The minimum Gasteiger partial charge on any atom is -0.445 e. The Hall–Kier alpha value is -4.95. The molecule has 15 heteroatoms. The Balaban J connectivity index is 1.51. The maximum absolute atomic E-state index is 13.4. The standard InChI is InChI=1S/C38H57N7O8/c1-25(2)33(43-30(46)11-7-6-8-21-45-31(47)16-17-32(45)48)35(50)42-29(10-9-20-40-36(39)51)34(49)41-28-14-12-26(13-15-28)24-53-37(52)44-22-18-27(19-23-44)38(3,4)5/h12-17,25,27,29,33H,6-11,18-24H2,1-5H3,(H,41,49)(H,42,50)(H,43,46)(H3,39,40,51)/t29-,33-/m0/s1. The lowest BCUT2D eigenvalue weighted by Crippen LogP contribution is -2.54. The zero-order valence-electron chi connectivity index (χ0n) is 31.7. The van der Waals surface area contributed by atoms with E-state index >= 15 is 0 Å². The van der Waals surface area contributed by atoms with Gasteiger partial charge in [0.15, 0.2) is 0 Å². The maximum atomic E-state index is 13.4. The number of nitrogens with one attached hydrogen (secondary N) is 4. The van der Waals surface area contributed by atoms with Crippen LogP contribution in [0.25, 0.3) is 0 Å². The van der Waals surface area contributed by atoms with E-state index in [1.165, 1.54) is 12.2 Å². The number of rotatable bonds is 18. The van der Waals surface area contributed by atoms with Gasteiger partial charge in [-0.1, -0.05) is 53.2 Å². The molecular formula is C38H57N7O8. The lowest BCUT2D eigenvalue weighted by Gasteiger charge is -2.38. The van der Waals surface area contributed by atoms with E-state index in [0.717, 1.165) is 23.3 Å². The molecule has 2 aliphatic heterocycles. The van der Waals surface area contributed by atoms with Gasteiger partial charge in [0, 0.05) is 50.4 Å². The summed E-state index contributed by atoms with van der Waals surface area (Å²) in [4.78, 5) is 89.8. The number of benzene rings is 1. The largest absolute Gasteiger partial charge is 0.445 e. The van der Waals surface area contributed by atoms with Crippen molar-refractivity contribution in [2.75, 3.05) is 31.5 Å². The number of imide groups is 1. The number of urea groups is 1. The monoisotopic (exact) mass is 739 g/mol. The Morgan fingerprint density at radius 1 is 0.887 bits per heavy atom. The Labute approximate surface area is 312 Å². The molecule has 8 amide bonds. The number of hydrogen-bond acceptors (Lipinski definition) is 8. The normalized spacial score (nSPS) is 16.0. The summed E-state index contributed by atoms with van der Waals surface area (Å²) in [6, 6.07) is 4.22. The van der Waals surface area contributed by atoms with Gasteiger partial charge < -0.3 is 36.6 Å². The van der Waals surface area contributed by atoms with E-state index in [0.29, 0.717) is 50.4 Å². The number of piperidine rings is 1. The van der Waals surface area contributed by atoms with Gasteiger partial charge in [0.05, 0.1) is 0 Å². The summed E-state index contributed by atoms with van der Waals surface area (Å²) in [7, 11) is 0. The molecule has 1 aromatic carbocycles. The second kappa shape index (κ2) is 20.3. The molecule has 15 nitrogen and oxygen atoms in total. The summed E-state index contributed by atoms with van der Waals surface area (Å²) >= 11 is 0. The van der Waals surface area contributed by atoms with Crippen LogP contribution >= 0.6 is 0 Å². The topological polar surface area (TPSA) is 209 Å². The summed E-state index contributed by atoms with van der Waals surface area (Å²) < 4.78 is 5.55. The van der Waals surface area contributed by atoms with Crippen LogP contribution in [0.2, 0.25) is 0 Å². The smallest absolute Gasteiger partial charge is 0.410 e. The SMILES string of the molecule is CC(C)[C@H](NC(=O)CCCCCN1C(=O)C=CC1=O)C(=O)N[C@@H](CCCNC(N)=O)C(=O)Nc1ccc(COC(=O)N2CCC(C(C)(C)C)CC2)cc1. The third-order valence-electron chi connectivity index (χ3n) is 9.62. The Kier molecular flexibility index (Phi) is 16.3. The molecule has 1 saturated heterocycles. The van der Waals surface area contributed by atoms with E-state index in [9.17, 15) is 33.6 Å². The lowest BCUT2D eigenvalue weighted by atomic mass is 9.75. The van der Waals surface area contributed by atoms with Gasteiger partial charge in [0.25, 0.3) is 11.8 Å². The number of unbranched alkanes of at least 4 members (excludes halogenated alkanes) is 2. The zero-order valence-corrected chi connectivity index (χ0v) is 31.7. The number of carbonyl (C=O) groups is 7. The van der Waals surface area contributed by atoms with Crippen LogP contribution in [0.1, 0.15) is 91.5 Å². The third-order valence-corrected chi connectivity index (χ3v) is 9.62. The van der Waals surface area contributed by atoms with E-state index in [1.807, 2.05) is 0 Å². The van der Waals surface area contributed by atoms with Gasteiger partial charge in [-0.3, -0.25) is 28.9 Å². The number of nitrogens with two attached hydrogens (primary N) is 1. The Bertz CT molecular complexity index is 1460. The van der Waals surface area contributed by atoms with Crippen molar-refractivity contribution >= 4 is 47.3 Å². The van der Waals surface area contributed by atoms with Crippen LogP contribution in [-0.4, -0.2) is 89.7 Å². The summed E-state index contributed by atoms with van der Waals surface area (Å²) in [5, 5.41) is 10.8. The summed E-state index contributed by atoms with van der Waals surface area (Å²) in [5.74, 6) is -1.78. The van der Waals surface area contributed by atoms with Crippen molar-refractivity contribution in [2.45, 2.75) is 105 Å². The van der Waals surface area contributed by atoms with Crippen molar-refractivity contribution in [1.29, 1.82) is 0 Å². The highest BCUT2D eigenvalue weighted by molar-refractivity contribution is 6.12. The molecule has 1 fully saturated rings. The maximum Gasteiger partial charge on any atom is 0.410 e. The molecule has 0 aliphatic carbocycles. The predicted octanol–water partition coefficient (Wildman–Crippen LogP) is 3.58. The molecule has 1 aromatic rings. The highest BCUT2D eigenvalue weighted by Gasteiger charge is 2.31. The van der Waals surface area contributed by atoms with Crippen molar-refractivity contribution in [3.63, 3.8) is 0 Å². The van der Waals surface area contributed by atoms with Gasteiger partial charge in [-0.15, -0.1) is 0 Å². The van der Waals surface area contributed by atoms with Crippen molar-refractivity contribution in [1.82, 2.24) is 25.8 Å². The van der Waals surface area contributed by atoms with Gasteiger partial charge in [0.1, 0.15) is 18.7 Å². The van der Waals surface area contributed by atoms with Crippen LogP contribution < -0.4 is 27.0 Å². The third kappa shape index (κ3) is 14.2. The highest BCUT2D eigenvalue weighted by atomic mass is 16.6. The number of nitrogens with zero attached hydrogens (tertiary/aromatic N) is 2. The molecule has 0 aromatic heterocycles. The van der Waals surface area contributed by atoms with E-state index in [2.05, 4.69) is 42.0 Å². The highest BCUT2D eigenvalue weighted by Crippen LogP contribution is 2.34. The van der Waals surface area contributed by atoms with Gasteiger partial charge in [-0.05, 0) is 73.5 Å². The van der Waals surface area contributed by atoms with Crippen molar-refractivity contribution in [3.8, 4) is 0 Å². The molecule has 3 rings (SSSR count). The van der Waals surface area contributed by atoms with Crippen molar-refractivity contribution in [3.05, 3.63) is 42.0 Å². The average molecular weight is 740 g/mol. The van der Waals surface area contributed by atoms with Crippen molar-refractivity contribution < 1.29 is 38.3 Å². The number of carbonyl (C=O) groups excluding carboxylic acids is 7. The Morgan fingerprint density at radius 3 is 2.11 bits per heavy atom. The molecular weight excluding hydrogens is 682 g/mol. The van der Waals surface area contributed by atoms with E-state index in [-0.39, 0.29) is 67.7 Å². The molecule has 2 atom stereocenters. The summed E-state index contributed by atoms with van der Waals surface area (Å²) in [6.45, 7) is 12.1. The van der Waals surface area contributed by atoms with Gasteiger partial charge >= 0.3 is 12.1 Å². The number of anilines is 1. The first-order valence-electron chi connectivity index (χ1n) is 18.5. The first-order valence-corrected chi connectivity index (χ1v) is 18.5. The van der Waals surface area contributed by atoms with Gasteiger partial charge in [-0.2, -0.15) is 0 Å². The number of amides is 8. The minimum atomic E-state index is -0.996. The number of ether oxygens (including phenoxy) is 1. The van der Waals surface area contributed by atoms with Crippen LogP contribution in [-0.2, 0) is 35.3 Å². The van der Waals surface area contributed by atoms with Crippen LogP contribution in [0.3, 0.4) is 0 Å². The zero-order chi connectivity index (χ0) is 39.1. The van der Waals surface area contributed by atoms with Gasteiger partial charge in [-0.25, -0.2) is 9.59 Å². The molecule has 53 heavy (non-hydrogen) atoms. The summed E-state index contributed by atoms with van der Waals surface area (Å²) in [6.07, 6.45) is 6.31. The van der Waals surface area contributed by atoms with Crippen LogP contribution in [0.5, 0.6) is 0 Å². The molecule has 0 spiro atoms. The molecule has 2 aliphatic rings. The molecule has 0 saturated carbocycles. The first kappa shape index (κ1) is 42.5. The first-order chi connectivity index (χ1) is 25.0. The van der Waals surface area contributed by atoms with Crippen LogP contribution in [0.4, 0.5) is 15.3 Å². The van der Waals surface area contributed by atoms with E-state index in [4.69, 9.17) is 10.5 Å². The van der Waals surface area contributed by atoms with Crippen molar-refractivity contribution in [2.24, 2.45) is 23.0 Å². The average Bonchev–Trinajstić information content (AvgIpc) is 3.43. The fraction of sp³-hybridized carbons (Fsp3) is 0.605. The second-order valence-corrected chi connectivity index (χ2v) is 15.1. The molecule has 0 unspecified atom stereocenters. The van der Waals surface area contributed by atoms with Crippen LogP contribution in [0, 0.1) is 17.3 Å². The molecule has 292 valence electrons. The molecule has 0 radical (unpaired) electrons. The molecule has 0 bridgehead atoms. The molecule has 6 N–H and O–H groups in total. The summed E-state index contributed by atoms with van der Waals surface area (Å²) in [5.41, 5.74) is 6.58. The van der Waals surface area contributed by atoms with Crippen LogP contribution in [0.15, 0.2) is 36.4 Å². The number of primary amides is 1. The quantitative estimate of drug-likeness (QED) is 0.111. The number of likely N-dealkylation sites (tertiary alicyclic amines) is 1. The minimum absolute atomic E-state index is 0.0818. The predicted molar refractivity (Wildman–Crippen MR) is 199 cm³/mol. The number of hydrogen-bond donors (Lipinski definition) is 5. The van der Waals surface area contributed by atoms with E-state index < -0.39 is 29.9 Å². The Morgan fingerprint density at radius 2 is 1.53 bits per heavy atom. The lowest BCUT2D eigenvalue weighted by molar-refractivity contribution is -0.137.